The molecule has 0 rings (SSSR count). The first-order chi connectivity index (χ1) is 3.63. The van der Waals surface area contributed by atoms with Gasteiger partial charge in [-0.25, -0.2) is 9.59 Å². The fraction of sp³-hybridized carbons (Fsp3) is 0. The SMILES string of the molecule is Cl.O=C(O)/C=C/C(=O)O.[Fe]. The minimum Gasteiger partial charge on any atom is -0.478 e. The van der Waals surface area contributed by atoms with Gasteiger partial charge in [-0.05, 0) is 0 Å². The molecule has 0 saturated heterocycles. The van der Waals surface area contributed by atoms with Crippen LogP contribution in [0.4, 0.5) is 0 Å². The Hall–Kier alpha value is -0.511. The van der Waals surface area contributed by atoms with E-state index in [1.54, 1.807) is 0 Å². The molecule has 0 amide bonds. The summed E-state index contributed by atoms with van der Waals surface area (Å²) in [5, 5.41) is 15.6. The summed E-state index contributed by atoms with van der Waals surface area (Å²) in [5.41, 5.74) is 0. The summed E-state index contributed by atoms with van der Waals surface area (Å²) in [6.45, 7) is 0. The quantitative estimate of drug-likeness (QED) is 0.500. The Bertz CT molecular complexity index is 128. The third-order valence-corrected chi connectivity index (χ3v) is 0.368. The van der Waals surface area contributed by atoms with Crippen molar-refractivity contribution in [1.82, 2.24) is 0 Å². The molecule has 0 bridgehead atoms. The van der Waals surface area contributed by atoms with E-state index in [0.717, 1.165) is 0 Å². The zero-order valence-corrected chi connectivity index (χ0v) is 6.55. The van der Waals surface area contributed by atoms with Crippen LogP contribution in [0.3, 0.4) is 0 Å². The van der Waals surface area contributed by atoms with Crippen molar-refractivity contribution >= 4 is 24.3 Å². The maximum absolute atomic E-state index is 9.55. The summed E-state index contributed by atoms with van der Waals surface area (Å²) in [5.74, 6) is -2.51. The van der Waals surface area contributed by atoms with E-state index < -0.39 is 11.9 Å². The second kappa shape index (κ2) is 8.49. The van der Waals surface area contributed by atoms with E-state index in [1.807, 2.05) is 0 Å². The van der Waals surface area contributed by atoms with Gasteiger partial charge in [-0.3, -0.25) is 0 Å². The van der Waals surface area contributed by atoms with E-state index in [9.17, 15) is 9.59 Å². The number of aliphatic carboxylic acids is 2. The molecule has 0 fully saturated rings. The number of halogens is 1. The molecule has 0 aromatic heterocycles. The van der Waals surface area contributed by atoms with Gasteiger partial charge in [0.1, 0.15) is 0 Å². The van der Waals surface area contributed by atoms with Crippen LogP contribution in [-0.2, 0) is 26.7 Å². The Morgan fingerprint density at radius 3 is 1.30 bits per heavy atom. The molecule has 0 saturated carbocycles. The van der Waals surface area contributed by atoms with Crippen molar-refractivity contribution in [2.45, 2.75) is 0 Å². The van der Waals surface area contributed by atoms with Gasteiger partial charge in [0.2, 0.25) is 0 Å². The number of carboxylic acid groups (broad SMARTS) is 2. The monoisotopic (exact) mass is 208 g/mol. The number of rotatable bonds is 2. The Kier molecular flexibility index (Phi) is 13.8. The van der Waals surface area contributed by atoms with Crippen molar-refractivity contribution in [3.05, 3.63) is 12.2 Å². The van der Waals surface area contributed by atoms with E-state index in [0.29, 0.717) is 12.2 Å². The van der Waals surface area contributed by atoms with Crippen molar-refractivity contribution in [3.63, 3.8) is 0 Å². The number of carboxylic acids is 2. The fourth-order valence-corrected chi connectivity index (χ4v) is 0.143. The minimum atomic E-state index is -1.26. The molecule has 0 aliphatic carbocycles. The normalized spacial score (nSPS) is 7.60. The maximum atomic E-state index is 9.55. The number of hydrogen-bond acceptors (Lipinski definition) is 2. The molecule has 60 valence electrons. The molecule has 0 spiro atoms. The molecule has 0 aromatic rings. The first-order valence-corrected chi connectivity index (χ1v) is 1.77. The summed E-state index contributed by atoms with van der Waals surface area (Å²) in [7, 11) is 0. The van der Waals surface area contributed by atoms with Gasteiger partial charge in [-0.15, -0.1) is 12.4 Å². The fourth-order valence-electron chi connectivity index (χ4n) is 0.143. The Morgan fingerprint density at radius 2 is 1.20 bits per heavy atom. The minimum absolute atomic E-state index is 0. The van der Waals surface area contributed by atoms with E-state index in [4.69, 9.17) is 10.2 Å². The molecule has 0 heterocycles. The van der Waals surface area contributed by atoms with Gasteiger partial charge in [0.05, 0.1) is 0 Å². The number of carbonyl (C=O) groups is 2. The molecule has 0 aliphatic heterocycles. The molecule has 0 unspecified atom stereocenters. The van der Waals surface area contributed by atoms with Crippen LogP contribution in [0.25, 0.3) is 0 Å². The Balaban J connectivity index is -0.000000245. The van der Waals surface area contributed by atoms with Gasteiger partial charge in [0.25, 0.3) is 0 Å². The standard InChI is InChI=1S/C4H4O4.ClH.Fe/c5-3(6)1-2-4(7)8;;/h1-2H,(H,5,6)(H,7,8);1H;/b2-1+;;. The van der Waals surface area contributed by atoms with Gasteiger partial charge < -0.3 is 10.2 Å². The average Bonchev–Trinajstić information content (AvgIpc) is 1.61. The van der Waals surface area contributed by atoms with Gasteiger partial charge in [-0.1, -0.05) is 0 Å². The second-order valence-electron chi connectivity index (χ2n) is 1.01. The van der Waals surface area contributed by atoms with Crippen molar-refractivity contribution in [3.8, 4) is 0 Å². The van der Waals surface area contributed by atoms with Crippen molar-refractivity contribution in [2.75, 3.05) is 0 Å². The Labute approximate surface area is 73.8 Å². The molecule has 4 nitrogen and oxygen atoms in total. The average molecular weight is 208 g/mol. The van der Waals surface area contributed by atoms with E-state index >= 15 is 0 Å². The molecular formula is C4H5ClFeO4. The third-order valence-electron chi connectivity index (χ3n) is 0.368. The van der Waals surface area contributed by atoms with Crippen LogP contribution in [0.15, 0.2) is 12.2 Å². The van der Waals surface area contributed by atoms with Gasteiger partial charge >= 0.3 is 11.9 Å². The van der Waals surface area contributed by atoms with Gasteiger partial charge in [-0.2, -0.15) is 0 Å². The van der Waals surface area contributed by atoms with Crippen LogP contribution in [-0.4, -0.2) is 22.2 Å². The van der Waals surface area contributed by atoms with Crippen LogP contribution in [0.2, 0.25) is 0 Å². The summed E-state index contributed by atoms with van der Waals surface area (Å²) in [6.07, 6.45) is 1.12. The van der Waals surface area contributed by atoms with Gasteiger partial charge in [0.15, 0.2) is 0 Å². The summed E-state index contributed by atoms with van der Waals surface area (Å²) >= 11 is 0. The van der Waals surface area contributed by atoms with Crippen LogP contribution in [0.1, 0.15) is 0 Å². The zero-order chi connectivity index (χ0) is 6.57. The molecular weight excluding hydrogens is 203 g/mol. The van der Waals surface area contributed by atoms with Crippen molar-refractivity contribution in [1.29, 1.82) is 0 Å². The summed E-state index contributed by atoms with van der Waals surface area (Å²) < 4.78 is 0. The third kappa shape index (κ3) is 15.6. The van der Waals surface area contributed by atoms with Crippen LogP contribution >= 0.6 is 12.4 Å². The zero-order valence-electron chi connectivity index (χ0n) is 4.63. The molecule has 0 radical (unpaired) electrons. The molecule has 2 N–H and O–H groups in total. The van der Waals surface area contributed by atoms with Crippen LogP contribution in [0, 0.1) is 0 Å². The predicted octanol–water partition coefficient (Wildman–Crippen LogP) is 0.131. The first kappa shape index (κ1) is 16.2. The van der Waals surface area contributed by atoms with Crippen molar-refractivity contribution in [2.24, 2.45) is 0 Å². The molecule has 6 heteroatoms. The van der Waals surface area contributed by atoms with E-state index in [-0.39, 0.29) is 29.5 Å². The second-order valence-corrected chi connectivity index (χ2v) is 1.01. The predicted molar refractivity (Wildman–Crippen MR) is 31.7 cm³/mol. The summed E-state index contributed by atoms with van der Waals surface area (Å²) in [6, 6.07) is 0. The smallest absolute Gasteiger partial charge is 0.328 e. The Morgan fingerprint density at radius 1 is 1.00 bits per heavy atom. The summed E-state index contributed by atoms with van der Waals surface area (Å²) in [4.78, 5) is 19.1. The van der Waals surface area contributed by atoms with E-state index in [1.165, 1.54) is 0 Å². The maximum Gasteiger partial charge on any atom is 0.328 e. The number of hydrogen-bond donors (Lipinski definition) is 2. The topological polar surface area (TPSA) is 74.6 Å². The van der Waals surface area contributed by atoms with Crippen LogP contribution in [0.5, 0.6) is 0 Å². The van der Waals surface area contributed by atoms with Crippen molar-refractivity contribution < 1.29 is 36.9 Å². The van der Waals surface area contributed by atoms with Crippen LogP contribution < -0.4 is 0 Å². The van der Waals surface area contributed by atoms with E-state index in [2.05, 4.69) is 0 Å². The van der Waals surface area contributed by atoms with Gasteiger partial charge in [0, 0.05) is 29.2 Å². The molecule has 0 aliphatic rings. The molecule has 10 heavy (non-hydrogen) atoms. The largest absolute Gasteiger partial charge is 0.478 e. The molecule has 0 atom stereocenters. The molecule has 0 aromatic carbocycles. The first-order valence-electron chi connectivity index (χ1n) is 1.77.